The second-order valence-corrected chi connectivity index (χ2v) is 6.29. The zero-order valence-corrected chi connectivity index (χ0v) is 9.91. The molecule has 0 aromatic carbocycles. The van der Waals surface area contributed by atoms with Gasteiger partial charge >= 0.3 is 0 Å². The first-order valence-electron chi connectivity index (χ1n) is 4.98. The average molecular weight is 203 g/mol. The van der Waals surface area contributed by atoms with Gasteiger partial charge in [0.15, 0.2) is 0 Å². The third kappa shape index (κ3) is 2.32. The molecule has 3 atom stereocenters. The highest BCUT2D eigenvalue weighted by molar-refractivity contribution is 7.85. The molecule has 0 aromatic heterocycles. The van der Waals surface area contributed by atoms with Crippen molar-refractivity contribution < 1.29 is 4.21 Å². The smallest absolute Gasteiger partial charge is 0.0503 e. The summed E-state index contributed by atoms with van der Waals surface area (Å²) in [5.41, 5.74) is 0.295. The molecule has 13 heavy (non-hydrogen) atoms. The van der Waals surface area contributed by atoms with Crippen LogP contribution in [0.25, 0.3) is 0 Å². The van der Waals surface area contributed by atoms with E-state index in [4.69, 9.17) is 0 Å². The number of rotatable bonds is 2. The first-order valence-corrected chi connectivity index (χ1v) is 6.60. The Morgan fingerprint density at radius 1 is 1.46 bits per heavy atom. The van der Waals surface area contributed by atoms with Gasteiger partial charge in [-0.1, -0.05) is 20.3 Å². The monoisotopic (exact) mass is 203 g/mol. The van der Waals surface area contributed by atoms with Gasteiger partial charge < -0.3 is 5.32 Å². The van der Waals surface area contributed by atoms with Crippen molar-refractivity contribution in [1.29, 1.82) is 0 Å². The molecule has 0 saturated heterocycles. The molecule has 1 rings (SSSR count). The Morgan fingerprint density at radius 2 is 2.08 bits per heavy atom. The molecule has 0 aromatic rings. The highest BCUT2D eigenvalue weighted by atomic mass is 32.2. The van der Waals surface area contributed by atoms with Crippen molar-refractivity contribution in [2.75, 3.05) is 13.3 Å². The Morgan fingerprint density at radius 3 is 2.46 bits per heavy atom. The predicted octanol–water partition coefficient (Wildman–Crippen LogP) is 1.53. The summed E-state index contributed by atoms with van der Waals surface area (Å²) in [4.78, 5) is 0. The minimum Gasteiger partial charge on any atom is -0.315 e. The topological polar surface area (TPSA) is 29.1 Å². The van der Waals surface area contributed by atoms with Crippen LogP contribution in [0.1, 0.15) is 33.1 Å². The van der Waals surface area contributed by atoms with Gasteiger partial charge in [-0.25, -0.2) is 0 Å². The van der Waals surface area contributed by atoms with E-state index in [0.29, 0.717) is 16.7 Å². The normalized spacial score (nSPS) is 35.7. The van der Waals surface area contributed by atoms with E-state index < -0.39 is 10.8 Å². The highest BCUT2D eigenvalue weighted by Gasteiger charge is 2.39. The molecule has 3 heteroatoms. The average Bonchev–Trinajstić information content (AvgIpc) is 2.02. The summed E-state index contributed by atoms with van der Waals surface area (Å²) in [7, 11) is 1.29. The Hall–Kier alpha value is 0.110. The second kappa shape index (κ2) is 4.09. The van der Waals surface area contributed by atoms with Gasteiger partial charge in [0.2, 0.25) is 0 Å². The fourth-order valence-electron chi connectivity index (χ4n) is 2.52. The van der Waals surface area contributed by atoms with E-state index in [1.165, 1.54) is 12.8 Å². The van der Waals surface area contributed by atoms with Crippen LogP contribution in [0.5, 0.6) is 0 Å². The Kier molecular flexibility index (Phi) is 3.52. The minimum atomic E-state index is -0.691. The van der Waals surface area contributed by atoms with Crippen LogP contribution in [0.3, 0.4) is 0 Å². The van der Waals surface area contributed by atoms with E-state index in [1.54, 1.807) is 0 Å². The molecule has 0 spiro atoms. The zero-order valence-electron chi connectivity index (χ0n) is 9.09. The number of nitrogens with one attached hydrogen (secondary N) is 1. The van der Waals surface area contributed by atoms with E-state index in [9.17, 15) is 4.21 Å². The molecule has 0 amide bonds. The van der Waals surface area contributed by atoms with Crippen LogP contribution in [0.2, 0.25) is 0 Å². The van der Waals surface area contributed by atoms with E-state index in [1.807, 2.05) is 13.3 Å². The standard InChI is InChI=1S/C10H21NOS/c1-10(2)7-5-6-8(13(4)12)9(10)11-3/h8-9,11H,5-7H2,1-4H3. The van der Waals surface area contributed by atoms with Gasteiger partial charge in [0, 0.05) is 23.1 Å². The lowest BCUT2D eigenvalue weighted by Gasteiger charge is -2.43. The van der Waals surface area contributed by atoms with Crippen molar-refractivity contribution in [3.63, 3.8) is 0 Å². The lowest BCUT2D eigenvalue weighted by molar-refractivity contribution is 0.181. The van der Waals surface area contributed by atoms with Crippen molar-refractivity contribution in [1.82, 2.24) is 5.32 Å². The Balaban J connectivity index is 2.79. The third-order valence-corrected chi connectivity index (χ3v) is 4.62. The molecule has 0 bridgehead atoms. The van der Waals surface area contributed by atoms with Crippen molar-refractivity contribution in [2.24, 2.45) is 5.41 Å². The highest BCUT2D eigenvalue weighted by Crippen LogP contribution is 2.37. The maximum Gasteiger partial charge on any atom is 0.0503 e. The minimum absolute atomic E-state index is 0.295. The maximum absolute atomic E-state index is 11.5. The van der Waals surface area contributed by atoms with Gasteiger partial charge in [-0.2, -0.15) is 0 Å². The molecule has 1 fully saturated rings. The Labute approximate surface area is 83.9 Å². The van der Waals surface area contributed by atoms with Crippen molar-refractivity contribution >= 4 is 10.8 Å². The quantitative estimate of drug-likeness (QED) is 0.737. The number of hydrogen-bond donors (Lipinski definition) is 1. The molecule has 1 N–H and O–H groups in total. The van der Waals surface area contributed by atoms with Gasteiger partial charge in [-0.15, -0.1) is 0 Å². The predicted molar refractivity (Wildman–Crippen MR) is 58.3 cm³/mol. The summed E-state index contributed by atoms with van der Waals surface area (Å²) in [5.74, 6) is 0. The van der Waals surface area contributed by atoms with Crippen LogP contribution in [-0.2, 0) is 10.8 Å². The van der Waals surface area contributed by atoms with Gasteiger partial charge in [0.1, 0.15) is 0 Å². The van der Waals surface area contributed by atoms with Crippen molar-refractivity contribution in [2.45, 2.75) is 44.4 Å². The summed E-state index contributed by atoms with van der Waals surface area (Å²) >= 11 is 0. The van der Waals surface area contributed by atoms with Gasteiger partial charge in [-0.3, -0.25) is 4.21 Å². The van der Waals surface area contributed by atoms with Gasteiger partial charge in [-0.05, 0) is 25.3 Å². The molecular weight excluding hydrogens is 182 g/mol. The molecule has 0 radical (unpaired) electrons. The number of hydrogen-bond acceptors (Lipinski definition) is 2. The first kappa shape index (κ1) is 11.2. The lowest BCUT2D eigenvalue weighted by Crippen LogP contribution is -2.52. The van der Waals surface area contributed by atoms with E-state index in [0.717, 1.165) is 6.42 Å². The summed E-state index contributed by atoms with van der Waals surface area (Å²) in [5, 5.41) is 3.67. The molecule has 2 nitrogen and oxygen atoms in total. The SMILES string of the molecule is CNC1C(S(C)=O)CCCC1(C)C. The molecule has 1 aliphatic rings. The lowest BCUT2D eigenvalue weighted by atomic mass is 9.73. The second-order valence-electron chi connectivity index (χ2n) is 4.68. The van der Waals surface area contributed by atoms with E-state index in [-0.39, 0.29) is 0 Å². The molecular formula is C10H21NOS. The van der Waals surface area contributed by atoms with Crippen LogP contribution in [-0.4, -0.2) is 28.8 Å². The first-order chi connectivity index (χ1) is 5.99. The fraction of sp³-hybridized carbons (Fsp3) is 1.00. The fourth-order valence-corrected chi connectivity index (χ4v) is 3.90. The maximum atomic E-state index is 11.5. The summed E-state index contributed by atoms with van der Waals surface area (Å²) in [6, 6.07) is 0.409. The summed E-state index contributed by atoms with van der Waals surface area (Å²) < 4.78 is 11.5. The zero-order chi connectivity index (χ0) is 10.1. The largest absolute Gasteiger partial charge is 0.315 e. The van der Waals surface area contributed by atoms with Crippen LogP contribution in [0.15, 0.2) is 0 Å². The molecule has 1 saturated carbocycles. The third-order valence-electron chi connectivity index (χ3n) is 3.26. The molecule has 0 heterocycles. The van der Waals surface area contributed by atoms with Crippen molar-refractivity contribution in [3.8, 4) is 0 Å². The molecule has 3 unspecified atom stereocenters. The molecule has 0 aliphatic heterocycles. The van der Waals surface area contributed by atoms with Crippen LogP contribution in [0, 0.1) is 5.41 Å². The Bertz CT molecular complexity index is 203. The van der Waals surface area contributed by atoms with Crippen LogP contribution in [0.4, 0.5) is 0 Å². The summed E-state index contributed by atoms with van der Waals surface area (Å²) in [6.07, 6.45) is 5.40. The van der Waals surface area contributed by atoms with Crippen molar-refractivity contribution in [3.05, 3.63) is 0 Å². The molecule has 1 aliphatic carbocycles. The summed E-state index contributed by atoms with van der Waals surface area (Å²) in [6.45, 7) is 4.54. The molecule has 78 valence electrons. The van der Waals surface area contributed by atoms with Gasteiger partial charge in [0.25, 0.3) is 0 Å². The van der Waals surface area contributed by atoms with Gasteiger partial charge in [0.05, 0.1) is 5.25 Å². The van der Waals surface area contributed by atoms with E-state index in [2.05, 4.69) is 19.2 Å². The van der Waals surface area contributed by atoms with Crippen LogP contribution >= 0.6 is 0 Å². The van der Waals surface area contributed by atoms with E-state index >= 15 is 0 Å². The van der Waals surface area contributed by atoms with Crippen LogP contribution < -0.4 is 5.32 Å².